The van der Waals surface area contributed by atoms with Crippen LogP contribution in [0.15, 0.2) is 47.0 Å². The van der Waals surface area contributed by atoms with Gasteiger partial charge in [-0.1, -0.05) is 6.07 Å². The van der Waals surface area contributed by atoms with Crippen molar-refractivity contribution in [2.45, 2.75) is 25.9 Å². The first-order chi connectivity index (χ1) is 14.5. The van der Waals surface area contributed by atoms with Crippen molar-refractivity contribution in [1.29, 1.82) is 0 Å². The van der Waals surface area contributed by atoms with Crippen LogP contribution in [0, 0.1) is 6.92 Å². The van der Waals surface area contributed by atoms with Crippen LogP contribution in [0.25, 0.3) is 11.5 Å². The van der Waals surface area contributed by atoms with Gasteiger partial charge < -0.3 is 23.7 Å². The molecule has 1 atom stereocenters. The minimum atomic E-state index is -1.00. The quantitative estimate of drug-likeness (QED) is 0.541. The maximum atomic E-state index is 11.0. The largest absolute Gasteiger partial charge is 0.497 e. The van der Waals surface area contributed by atoms with Crippen LogP contribution in [0.1, 0.15) is 17.0 Å². The Morgan fingerprint density at radius 1 is 1.17 bits per heavy atom. The number of ether oxygens (including phenoxy) is 3. The summed E-state index contributed by atoms with van der Waals surface area (Å²) in [6.45, 7) is 2.26. The molecule has 3 aromatic rings. The number of aliphatic carboxylic acids is 1. The van der Waals surface area contributed by atoms with E-state index in [1.165, 1.54) is 7.11 Å². The minimum Gasteiger partial charge on any atom is -0.497 e. The molecule has 3 rings (SSSR count). The molecule has 2 aromatic heterocycles. The van der Waals surface area contributed by atoms with Gasteiger partial charge in [0, 0.05) is 37.8 Å². The topological polar surface area (TPSA) is 104 Å². The first kappa shape index (κ1) is 21.3. The van der Waals surface area contributed by atoms with Gasteiger partial charge in [-0.3, -0.25) is 0 Å². The fourth-order valence-corrected chi connectivity index (χ4v) is 2.87. The number of carboxylic acids is 1. The van der Waals surface area contributed by atoms with Crippen LogP contribution in [0.2, 0.25) is 0 Å². The average molecular weight is 412 g/mol. The number of hydrogen-bond donors (Lipinski definition) is 1. The predicted octanol–water partition coefficient (Wildman–Crippen LogP) is 3.32. The Bertz CT molecular complexity index is 966. The van der Waals surface area contributed by atoms with Crippen molar-refractivity contribution >= 4 is 5.97 Å². The van der Waals surface area contributed by atoms with Crippen LogP contribution in [0.5, 0.6) is 11.6 Å². The summed E-state index contributed by atoms with van der Waals surface area (Å²) in [4.78, 5) is 19.8. The molecule has 0 saturated carbocycles. The van der Waals surface area contributed by atoms with Crippen LogP contribution in [-0.2, 0) is 22.4 Å². The second kappa shape index (κ2) is 9.89. The van der Waals surface area contributed by atoms with Crippen molar-refractivity contribution in [2.24, 2.45) is 0 Å². The zero-order chi connectivity index (χ0) is 21.5. The van der Waals surface area contributed by atoms with Crippen LogP contribution < -0.4 is 9.47 Å². The fraction of sp³-hybridized carbons (Fsp3) is 0.318. The molecule has 8 heteroatoms. The average Bonchev–Trinajstić information content (AvgIpc) is 3.13. The lowest BCUT2D eigenvalue weighted by Crippen LogP contribution is -2.24. The van der Waals surface area contributed by atoms with E-state index in [4.69, 9.17) is 23.7 Å². The number of carboxylic acid groups (broad SMARTS) is 1. The number of pyridine rings is 1. The van der Waals surface area contributed by atoms with E-state index in [1.807, 2.05) is 31.2 Å². The summed E-state index contributed by atoms with van der Waals surface area (Å²) < 4.78 is 21.6. The first-order valence-corrected chi connectivity index (χ1v) is 9.44. The molecule has 0 aliphatic heterocycles. The lowest BCUT2D eigenvalue weighted by Gasteiger charge is -2.10. The van der Waals surface area contributed by atoms with E-state index in [0.717, 1.165) is 28.3 Å². The Labute approximate surface area is 174 Å². The van der Waals surface area contributed by atoms with Gasteiger partial charge in [0.1, 0.15) is 11.5 Å². The van der Waals surface area contributed by atoms with Crippen LogP contribution in [0.3, 0.4) is 0 Å². The summed E-state index contributed by atoms with van der Waals surface area (Å²) in [5.41, 5.74) is 2.45. The van der Waals surface area contributed by atoms with E-state index in [0.29, 0.717) is 24.8 Å². The van der Waals surface area contributed by atoms with Gasteiger partial charge in [0.25, 0.3) is 0 Å². The van der Waals surface area contributed by atoms with Crippen molar-refractivity contribution in [3.8, 4) is 23.1 Å². The molecule has 2 heterocycles. The Morgan fingerprint density at radius 2 is 1.93 bits per heavy atom. The fourth-order valence-electron chi connectivity index (χ4n) is 2.87. The van der Waals surface area contributed by atoms with E-state index >= 15 is 0 Å². The number of nitrogens with zero attached hydrogens (tertiary/aromatic N) is 2. The third kappa shape index (κ3) is 5.36. The number of oxazole rings is 1. The van der Waals surface area contributed by atoms with E-state index in [1.54, 1.807) is 25.4 Å². The minimum absolute atomic E-state index is 0.241. The van der Waals surface area contributed by atoms with Crippen molar-refractivity contribution in [3.63, 3.8) is 0 Å². The van der Waals surface area contributed by atoms with Crippen LogP contribution in [-0.4, -0.2) is 48.0 Å². The Kier molecular flexibility index (Phi) is 7.03. The smallest absolute Gasteiger partial charge is 0.333 e. The Hall–Kier alpha value is -3.39. The zero-order valence-electron chi connectivity index (χ0n) is 17.1. The number of aromatic nitrogens is 2. The van der Waals surface area contributed by atoms with Gasteiger partial charge in [0.15, 0.2) is 6.10 Å². The van der Waals surface area contributed by atoms with Gasteiger partial charge in [-0.05, 0) is 36.8 Å². The molecular formula is C22H24N2O6. The molecule has 0 radical (unpaired) electrons. The molecule has 30 heavy (non-hydrogen) atoms. The van der Waals surface area contributed by atoms with Crippen LogP contribution in [0.4, 0.5) is 0 Å². The van der Waals surface area contributed by atoms with Gasteiger partial charge in [-0.15, -0.1) is 0 Å². The second-order valence-corrected chi connectivity index (χ2v) is 6.62. The highest BCUT2D eigenvalue weighted by Gasteiger charge is 2.17. The van der Waals surface area contributed by atoms with Gasteiger partial charge in [0.05, 0.1) is 19.4 Å². The highest BCUT2D eigenvalue weighted by atomic mass is 16.5. The molecule has 8 nitrogen and oxygen atoms in total. The maximum absolute atomic E-state index is 11.0. The summed E-state index contributed by atoms with van der Waals surface area (Å²) in [6, 6.07) is 11.0. The SMILES string of the molecule is COc1ccc(-c2nc(CCOc3ccc(CC(OC)C(=O)O)cn3)c(C)o2)cc1. The summed E-state index contributed by atoms with van der Waals surface area (Å²) >= 11 is 0. The standard InChI is InChI=1S/C22H24N2O6/c1-14-18(24-21(30-14)16-5-7-17(27-2)8-6-16)10-11-29-20-9-4-15(13-23-20)12-19(28-3)22(25)26/h4-9,13,19H,10-12H2,1-3H3,(H,25,26). The van der Waals surface area contributed by atoms with Gasteiger partial charge in [-0.25, -0.2) is 14.8 Å². The molecule has 0 aliphatic rings. The lowest BCUT2D eigenvalue weighted by molar-refractivity contribution is -0.148. The predicted molar refractivity (Wildman–Crippen MR) is 109 cm³/mol. The van der Waals surface area contributed by atoms with Crippen molar-refractivity contribution in [3.05, 3.63) is 59.6 Å². The molecule has 0 aliphatic carbocycles. The molecule has 1 aromatic carbocycles. The van der Waals surface area contributed by atoms with Crippen LogP contribution >= 0.6 is 0 Å². The molecule has 0 bridgehead atoms. The van der Waals surface area contributed by atoms with Crippen molar-refractivity contribution in [1.82, 2.24) is 9.97 Å². The highest BCUT2D eigenvalue weighted by molar-refractivity contribution is 5.72. The van der Waals surface area contributed by atoms with E-state index in [-0.39, 0.29) is 6.42 Å². The number of carbonyl (C=O) groups is 1. The summed E-state index contributed by atoms with van der Waals surface area (Å²) in [7, 11) is 2.99. The molecule has 0 saturated heterocycles. The zero-order valence-corrected chi connectivity index (χ0v) is 17.1. The third-order valence-corrected chi connectivity index (χ3v) is 4.60. The molecule has 0 amide bonds. The maximum Gasteiger partial charge on any atom is 0.333 e. The molecule has 0 fully saturated rings. The molecule has 1 unspecified atom stereocenters. The van der Waals surface area contributed by atoms with E-state index in [2.05, 4.69) is 9.97 Å². The van der Waals surface area contributed by atoms with Gasteiger partial charge in [-0.2, -0.15) is 0 Å². The van der Waals surface area contributed by atoms with Gasteiger partial charge >= 0.3 is 5.97 Å². The monoisotopic (exact) mass is 412 g/mol. The molecule has 158 valence electrons. The number of rotatable bonds is 10. The summed E-state index contributed by atoms with van der Waals surface area (Å²) in [5.74, 6) is 1.52. The lowest BCUT2D eigenvalue weighted by atomic mass is 10.1. The molecule has 0 spiro atoms. The number of methoxy groups -OCH3 is 2. The second-order valence-electron chi connectivity index (χ2n) is 6.62. The summed E-state index contributed by atoms with van der Waals surface area (Å²) in [6.07, 6.45) is 1.51. The van der Waals surface area contributed by atoms with Crippen molar-refractivity contribution in [2.75, 3.05) is 20.8 Å². The number of aryl methyl sites for hydroxylation is 1. The van der Waals surface area contributed by atoms with E-state index < -0.39 is 12.1 Å². The summed E-state index contributed by atoms with van der Waals surface area (Å²) in [5, 5.41) is 9.04. The Balaban J connectivity index is 1.55. The third-order valence-electron chi connectivity index (χ3n) is 4.60. The first-order valence-electron chi connectivity index (χ1n) is 9.44. The number of hydrogen-bond acceptors (Lipinski definition) is 7. The van der Waals surface area contributed by atoms with Crippen molar-refractivity contribution < 1.29 is 28.5 Å². The number of benzene rings is 1. The molecule has 1 N–H and O–H groups in total. The van der Waals surface area contributed by atoms with E-state index in [9.17, 15) is 4.79 Å². The highest BCUT2D eigenvalue weighted by Crippen LogP contribution is 2.24. The normalized spacial score (nSPS) is 11.8. The van der Waals surface area contributed by atoms with Gasteiger partial charge in [0.2, 0.25) is 11.8 Å². The Morgan fingerprint density at radius 3 is 2.53 bits per heavy atom. The molecular weight excluding hydrogens is 388 g/mol.